The van der Waals surface area contributed by atoms with Gasteiger partial charge in [0.05, 0.1) is 6.61 Å². The zero-order valence-corrected chi connectivity index (χ0v) is 10.1. The van der Waals surface area contributed by atoms with Crippen molar-refractivity contribution in [2.24, 2.45) is 0 Å². The van der Waals surface area contributed by atoms with E-state index < -0.39 is 12.1 Å². The van der Waals surface area contributed by atoms with Crippen LogP contribution < -0.4 is 0 Å². The lowest BCUT2D eigenvalue weighted by Crippen LogP contribution is -2.42. The van der Waals surface area contributed by atoms with Gasteiger partial charge in [-0.3, -0.25) is 9.59 Å². The van der Waals surface area contributed by atoms with Gasteiger partial charge in [0.1, 0.15) is 12.6 Å². The fourth-order valence-corrected chi connectivity index (χ4v) is 1.11. The maximum Gasteiger partial charge on any atom is 0.325 e. The van der Waals surface area contributed by atoms with Crippen LogP contribution in [0.5, 0.6) is 0 Å². The number of hydrogen-bond donors (Lipinski definition) is 0. The predicted octanol–water partition coefficient (Wildman–Crippen LogP) is 0.599. The summed E-state index contributed by atoms with van der Waals surface area (Å²) in [6.45, 7) is 7.40. The summed E-state index contributed by atoms with van der Waals surface area (Å²) in [6.07, 6.45) is 0.980. The normalized spacial score (nSPS) is 11.7. The SMILES string of the molecule is C=CCN(CC(=O)OCC)C(=O)C(C)OC. The molecule has 0 rings (SSSR count). The number of hydrogen-bond acceptors (Lipinski definition) is 4. The van der Waals surface area contributed by atoms with Crippen LogP contribution in [-0.4, -0.2) is 49.7 Å². The number of ether oxygens (including phenoxy) is 2. The third-order valence-corrected chi connectivity index (χ3v) is 1.99. The molecule has 0 heterocycles. The minimum Gasteiger partial charge on any atom is -0.465 e. The molecule has 1 atom stereocenters. The van der Waals surface area contributed by atoms with E-state index in [9.17, 15) is 9.59 Å². The Morgan fingerprint density at radius 2 is 2.12 bits per heavy atom. The molecule has 5 heteroatoms. The molecular formula is C11H19NO4. The summed E-state index contributed by atoms with van der Waals surface area (Å²) in [5, 5.41) is 0. The highest BCUT2D eigenvalue weighted by atomic mass is 16.5. The third kappa shape index (κ3) is 4.93. The van der Waals surface area contributed by atoms with Crippen molar-refractivity contribution in [3.8, 4) is 0 Å². The maximum atomic E-state index is 11.7. The Balaban J connectivity index is 4.42. The van der Waals surface area contributed by atoms with E-state index in [0.717, 1.165) is 0 Å². The Morgan fingerprint density at radius 3 is 2.56 bits per heavy atom. The predicted molar refractivity (Wildman–Crippen MR) is 59.9 cm³/mol. The molecule has 0 spiro atoms. The van der Waals surface area contributed by atoms with Crippen molar-refractivity contribution >= 4 is 11.9 Å². The van der Waals surface area contributed by atoms with Crippen LogP contribution in [0.2, 0.25) is 0 Å². The molecule has 0 saturated carbocycles. The second kappa shape index (κ2) is 7.87. The molecule has 0 aromatic carbocycles. The number of methoxy groups -OCH3 is 1. The van der Waals surface area contributed by atoms with Gasteiger partial charge in [-0.15, -0.1) is 6.58 Å². The first kappa shape index (κ1) is 14.6. The molecule has 0 aliphatic heterocycles. The Hall–Kier alpha value is -1.36. The van der Waals surface area contributed by atoms with Crippen LogP contribution in [0.15, 0.2) is 12.7 Å². The fourth-order valence-electron chi connectivity index (χ4n) is 1.11. The lowest BCUT2D eigenvalue weighted by atomic mass is 10.3. The van der Waals surface area contributed by atoms with Crippen LogP contribution in [0.1, 0.15) is 13.8 Å². The zero-order valence-electron chi connectivity index (χ0n) is 10.1. The zero-order chi connectivity index (χ0) is 12.6. The molecule has 92 valence electrons. The summed E-state index contributed by atoms with van der Waals surface area (Å²) >= 11 is 0. The molecule has 0 radical (unpaired) electrons. The minimum absolute atomic E-state index is 0.0770. The first-order valence-electron chi connectivity index (χ1n) is 5.14. The monoisotopic (exact) mass is 229 g/mol. The highest BCUT2D eigenvalue weighted by molar-refractivity contribution is 5.85. The van der Waals surface area contributed by atoms with Crippen molar-refractivity contribution in [3.63, 3.8) is 0 Å². The van der Waals surface area contributed by atoms with E-state index in [1.165, 1.54) is 12.0 Å². The smallest absolute Gasteiger partial charge is 0.325 e. The van der Waals surface area contributed by atoms with E-state index in [2.05, 4.69) is 6.58 Å². The maximum absolute atomic E-state index is 11.7. The van der Waals surface area contributed by atoms with Gasteiger partial charge in [0, 0.05) is 13.7 Å². The Morgan fingerprint density at radius 1 is 1.50 bits per heavy atom. The van der Waals surface area contributed by atoms with Gasteiger partial charge in [0.2, 0.25) is 0 Å². The molecule has 0 aliphatic rings. The summed E-state index contributed by atoms with van der Waals surface area (Å²) in [7, 11) is 1.44. The number of amides is 1. The van der Waals surface area contributed by atoms with E-state index >= 15 is 0 Å². The van der Waals surface area contributed by atoms with Gasteiger partial charge in [-0.1, -0.05) is 6.08 Å². The third-order valence-electron chi connectivity index (χ3n) is 1.99. The van der Waals surface area contributed by atoms with Gasteiger partial charge in [-0.25, -0.2) is 0 Å². The molecule has 0 bridgehead atoms. The quantitative estimate of drug-likeness (QED) is 0.474. The van der Waals surface area contributed by atoms with Gasteiger partial charge in [-0.2, -0.15) is 0 Å². The Kier molecular flexibility index (Phi) is 7.20. The fraction of sp³-hybridized carbons (Fsp3) is 0.636. The number of rotatable bonds is 7. The van der Waals surface area contributed by atoms with Crippen LogP contribution in [0, 0.1) is 0 Å². The van der Waals surface area contributed by atoms with E-state index in [1.54, 1.807) is 19.9 Å². The van der Waals surface area contributed by atoms with E-state index in [4.69, 9.17) is 9.47 Å². The van der Waals surface area contributed by atoms with Gasteiger partial charge < -0.3 is 14.4 Å². The van der Waals surface area contributed by atoms with Crippen LogP contribution in [-0.2, 0) is 19.1 Å². The van der Waals surface area contributed by atoms with Gasteiger partial charge in [0.15, 0.2) is 0 Å². The van der Waals surface area contributed by atoms with Gasteiger partial charge in [0.25, 0.3) is 5.91 Å². The highest BCUT2D eigenvalue weighted by Crippen LogP contribution is 1.99. The standard InChI is InChI=1S/C11H19NO4/c1-5-7-12(8-10(13)16-6-2)11(14)9(3)15-4/h5,9H,1,6-8H2,2-4H3. The van der Waals surface area contributed by atoms with Crippen molar-refractivity contribution in [3.05, 3.63) is 12.7 Å². The Bertz CT molecular complexity index is 252. The van der Waals surface area contributed by atoms with E-state index in [1.807, 2.05) is 0 Å². The number of carbonyl (C=O) groups is 2. The van der Waals surface area contributed by atoms with Crippen LogP contribution in [0.3, 0.4) is 0 Å². The number of esters is 1. The summed E-state index contributed by atoms with van der Waals surface area (Å²) in [4.78, 5) is 24.3. The summed E-state index contributed by atoms with van der Waals surface area (Å²) in [5.74, 6) is -0.684. The second-order valence-electron chi connectivity index (χ2n) is 3.19. The molecule has 5 nitrogen and oxygen atoms in total. The summed E-state index contributed by atoms with van der Waals surface area (Å²) < 4.78 is 9.68. The molecule has 0 fully saturated rings. The van der Waals surface area contributed by atoms with Crippen molar-refractivity contribution in [1.29, 1.82) is 0 Å². The number of nitrogens with zero attached hydrogens (tertiary/aromatic N) is 1. The molecule has 16 heavy (non-hydrogen) atoms. The van der Waals surface area contributed by atoms with Crippen molar-refractivity contribution in [2.45, 2.75) is 20.0 Å². The van der Waals surface area contributed by atoms with Crippen LogP contribution >= 0.6 is 0 Å². The lowest BCUT2D eigenvalue weighted by Gasteiger charge is -2.22. The second-order valence-corrected chi connectivity index (χ2v) is 3.19. The van der Waals surface area contributed by atoms with Crippen molar-refractivity contribution in [2.75, 3.05) is 26.8 Å². The first-order valence-corrected chi connectivity index (χ1v) is 5.14. The Labute approximate surface area is 96.0 Å². The van der Waals surface area contributed by atoms with E-state index in [-0.39, 0.29) is 12.5 Å². The largest absolute Gasteiger partial charge is 0.465 e. The van der Waals surface area contributed by atoms with Crippen LogP contribution in [0.25, 0.3) is 0 Å². The summed E-state index contributed by atoms with van der Waals surface area (Å²) in [5.41, 5.74) is 0. The molecule has 1 unspecified atom stereocenters. The molecule has 1 amide bonds. The van der Waals surface area contributed by atoms with Crippen LogP contribution in [0.4, 0.5) is 0 Å². The van der Waals surface area contributed by atoms with Crippen molar-refractivity contribution in [1.82, 2.24) is 4.90 Å². The van der Waals surface area contributed by atoms with Gasteiger partial charge >= 0.3 is 5.97 Å². The lowest BCUT2D eigenvalue weighted by molar-refractivity contribution is -0.151. The number of carbonyl (C=O) groups excluding carboxylic acids is 2. The molecule has 0 saturated heterocycles. The highest BCUT2D eigenvalue weighted by Gasteiger charge is 2.21. The van der Waals surface area contributed by atoms with Gasteiger partial charge in [-0.05, 0) is 13.8 Å². The average Bonchev–Trinajstić information content (AvgIpc) is 2.26. The minimum atomic E-state index is -0.575. The summed E-state index contributed by atoms with van der Waals surface area (Å²) in [6, 6.07) is 0. The molecular weight excluding hydrogens is 210 g/mol. The molecule has 0 N–H and O–H groups in total. The molecule has 0 aliphatic carbocycles. The topological polar surface area (TPSA) is 55.8 Å². The van der Waals surface area contributed by atoms with E-state index in [0.29, 0.717) is 13.2 Å². The first-order chi connectivity index (χ1) is 7.56. The average molecular weight is 229 g/mol. The molecule has 0 aromatic rings. The molecule has 0 aromatic heterocycles. The van der Waals surface area contributed by atoms with Crippen molar-refractivity contribution < 1.29 is 19.1 Å².